The van der Waals surface area contributed by atoms with Gasteiger partial charge in [0, 0.05) is 0 Å². The van der Waals surface area contributed by atoms with Crippen molar-refractivity contribution in [2.75, 3.05) is 0 Å². The van der Waals surface area contributed by atoms with Gasteiger partial charge in [0.1, 0.15) is 0 Å². The molecular formula is C5H17AlCaO2. The van der Waals surface area contributed by atoms with Crippen LogP contribution in [-0.2, 0) is 0 Å². The van der Waals surface area contributed by atoms with Gasteiger partial charge in [0.15, 0.2) is 0 Å². The minimum absolute atomic E-state index is 0. The van der Waals surface area contributed by atoms with Crippen molar-refractivity contribution in [1.29, 1.82) is 0 Å². The van der Waals surface area contributed by atoms with Crippen molar-refractivity contribution in [3.8, 4) is 0 Å². The van der Waals surface area contributed by atoms with Gasteiger partial charge < -0.3 is 13.8 Å². The third-order valence-electron chi connectivity index (χ3n) is 1.50. The summed E-state index contributed by atoms with van der Waals surface area (Å²) in [6, 6.07) is 0. The molecule has 0 spiro atoms. The van der Waals surface area contributed by atoms with Crippen LogP contribution in [0.1, 0.15) is 22.1 Å². The summed E-state index contributed by atoms with van der Waals surface area (Å²) in [5.74, 6) is 0. The standard InChI is InChI=1S/C5H10.Al.Ca.2H2O.3H/c1-3-5-4-2;;;;;;;/h1-5H2;;;2*1H2;;;/q;;+2;;;;2*-1. The van der Waals surface area contributed by atoms with Gasteiger partial charge in [0.25, 0.3) is 0 Å². The fourth-order valence-electron chi connectivity index (χ4n) is 1.06. The second-order valence-electron chi connectivity index (χ2n) is 2.12. The van der Waals surface area contributed by atoms with E-state index in [1.807, 2.05) is 0 Å². The van der Waals surface area contributed by atoms with Crippen LogP contribution < -0.4 is 0 Å². The Bertz CT molecular complexity index is 38.0. The summed E-state index contributed by atoms with van der Waals surface area (Å²) >= 11 is 0.508. The van der Waals surface area contributed by atoms with Crippen LogP contribution >= 0.6 is 0 Å². The molecule has 1 fully saturated rings. The van der Waals surface area contributed by atoms with E-state index in [-0.39, 0.29) is 51.5 Å². The first-order valence-corrected chi connectivity index (χ1v) is 5.00. The molecule has 1 heterocycles. The molecule has 54 valence electrons. The molecule has 0 saturated carbocycles. The zero-order chi connectivity index (χ0) is 4.24. The Kier molecular flexibility index (Phi) is 23.4. The Morgan fingerprint density at radius 2 is 1.33 bits per heavy atom. The molecule has 0 unspecified atom stereocenters. The molecule has 1 saturated heterocycles. The zero-order valence-electron chi connectivity index (χ0n) is 7.95. The summed E-state index contributed by atoms with van der Waals surface area (Å²) in [5.41, 5.74) is 0. The van der Waals surface area contributed by atoms with Crippen molar-refractivity contribution in [1.82, 2.24) is 0 Å². The van der Waals surface area contributed by atoms with Gasteiger partial charge in [-0.3, -0.25) is 0 Å². The maximum atomic E-state index is 1.64. The fourth-order valence-corrected chi connectivity index (χ4v) is 2.83. The van der Waals surface area contributed by atoms with Crippen LogP contribution in [0.25, 0.3) is 0 Å². The van der Waals surface area contributed by atoms with Crippen LogP contribution in [0.15, 0.2) is 0 Å². The number of hydrogen-bond acceptors (Lipinski definition) is 0. The van der Waals surface area contributed by atoms with Gasteiger partial charge in [0.05, 0.1) is 0 Å². The van der Waals surface area contributed by atoms with Crippen molar-refractivity contribution >= 4 is 53.0 Å². The molecular weight excluding hydrogens is 159 g/mol. The summed E-state index contributed by atoms with van der Waals surface area (Å²) < 4.78 is 0. The first kappa shape index (κ1) is 17.0. The molecule has 4 N–H and O–H groups in total. The van der Waals surface area contributed by atoms with E-state index in [1.165, 1.54) is 6.42 Å². The second-order valence-corrected chi connectivity index (χ2v) is 4.24. The molecule has 0 aromatic rings. The average molecular weight is 176 g/mol. The Balaban J connectivity index is -0.0000000240. The SMILES string of the molecule is C1C[CH2][AlH][CH2]C1.O.O.[Ca+2].[H-].[H-]. The Hall–Kier alpha value is 1.71. The molecule has 0 aromatic heterocycles. The second kappa shape index (κ2) is 12.4. The van der Waals surface area contributed by atoms with Crippen molar-refractivity contribution in [3.05, 3.63) is 0 Å². The van der Waals surface area contributed by atoms with Crippen LogP contribution in [0.3, 0.4) is 0 Å². The summed E-state index contributed by atoms with van der Waals surface area (Å²) in [4.78, 5) is 0. The van der Waals surface area contributed by atoms with Gasteiger partial charge in [0.2, 0.25) is 15.2 Å². The van der Waals surface area contributed by atoms with E-state index in [0.717, 1.165) is 0 Å². The van der Waals surface area contributed by atoms with Gasteiger partial charge in [-0.2, -0.15) is 0 Å². The minimum atomic E-state index is 0. The number of hydrogen-bond donors (Lipinski definition) is 0. The van der Waals surface area contributed by atoms with E-state index < -0.39 is 0 Å². The topological polar surface area (TPSA) is 63.0 Å². The zero-order valence-corrected chi connectivity index (χ0v) is 9.57. The maximum Gasteiger partial charge on any atom is 2.00 e. The Labute approximate surface area is 95.7 Å². The normalized spacial score (nSPS) is 15.1. The molecule has 1 rings (SSSR count). The molecule has 1 aliphatic rings. The predicted octanol–water partition coefficient (Wildman–Crippen LogP) is -0.362. The molecule has 0 aromatic carbocycles. The van der Waals surface area contributed by atoms with E-state index in [4.69, 9.17) is 0 Å². The predicted molar refractivity (Wildman–Crippen MR) is 45.8 cm³/mol. The molecule has 0 amide bonds. The monoisotopic (exact) mass is 176 g/mol. The van der Waals surface area contributed by atoms with Crippen molar-refractivity contribution in [3.63, 3.8) is 0 Å². The maximum absolute atomic E-state index is 1.64. The number of rotatable bonds is 0. The summed E-state index contributed by atoms with van der Waals surface area (Å²) in [6.07, 6.45) is 4.66. The van der Waals surface area contributed by atoms with Crippen LogP contribution in [0.4, 0.5) is 0 Å². The molecule has 0 atom stereocenters. The van der Waals surface area contributed by atoms with Crippen LogP contribution in [0, 0.1) is 0 Å². The quantitative estimate of drug-likeness (QED) is 0.452. The molecule has 1 aliphatic heterocycles. The molecule has 0 bridgehead atoms. The third-order valence-corrected chi connectivity index (χ3v) is 3.50. The van der Waals surface area contributed by atoms with E-state index in [0.29, 0.717) is 15.2 Å². The van der Waals surface area contributed by atoms with Gasteiger partial charge in [-0.05, 0) is 0 Å². The smallest absolute Gasteiger partial charge is 1.00 e. The van der Waals surface area contributed by atoms with Crippen LogP contribution in [-0.4, -0.2) is 63.9 Å². The fraction of sp³-hybridized carbons (Fsp3) is 1.00. The van der Waals surface area contributed by atoms with Gasteiger partial charge in [-0.1, -0.05) is 29.8 Å². The first-order chi connectivity index (χ1) is 3.00. The van der Waals surface area contributed by atoms with Crippen LogP contribution in [0.5, 0.6) is 0 Å². The summed E-state index contributed by atoms with van der Waals surface area (Å²) in [7, 11) is 0. The molecule has 0 radical (unpaired) electrons. The molecule has 4 heteroatoms. The largest absolute Gasteiger partial charge is 2.00 e. The van der Waals surface area contributed by atoms with Crippen molar-refractivity contribution in [2.45, 2.75) is 29.8 Å². The van der Waals surface area contributed by atoms with Gasteiger partial charge in [-0.25, -0.2) is 0 Å². The van der Waals surface area contributed by atoms with Crippen molar-refractivity contribution in [2.24, 2.45) is 0 Å². The van der Waals surface area contributed by atoms with Gasteiger partial charge in [-0.15, -0.1) is 0 Å². The Morgan fingerprint density at radius 1 is 0.889 bits per heavy atom. The minimum Gasteiger partial charge on any atom is -1.00 e. The summed E-state index contributed by atoms with van der Waals surface area (Å²) in [5, 5.41) is 3.28. The van der Waals surface area contributed by atoms with Gasteiger partial charge >= 0.3 is 37.7 Å². The first-order valence-electron chi connectivity index (χ1n) is 3.00. The molecule has 2 nitrogen and oxygen atoms in total. The molecule has 9 heavy (non-hydrogen) atoms. The summed E-state index contributed by atoms with van der Waals surface area (Å²) in [6.45, 7) is 0. The van der Waals surface area contributed by atoms with Crippen molar-refractivity contribution < 1.29 is 13.8 Å². The van der Waals surface area contributed by atoms with E-state index >= 15 is 0 Å². The third kappa shape index (κ3) is 9.71. The van der Waals surface area contributed by atoms with Crippen LogP contribution in [0.2, 0.25) is 10.6 Å². The Morgan fingerprint density at radius 3 is 1.44 bits per heavy atom. The average Bonchev–Trinajstić information content (AvgIpc) is 1.72. The van der Waals surface area contributed by atoms with E-state index in [1.54, 1.807) is 23.4 Å². The molecule has 0 aliphatic carbocycles. The van der Waals surface area contributed by atoms with E-state index in [9.17, 15) is 0 Å². The van der Waals surface area contributed by atoms with E-state index in [2.05, 4.69) is 0 Å².